The first-order valence-corrected chi connectivity index (χ1v) is 12.7. The van der Waals surface area contributed by atoms with Gasteiger partial charge in [-0.15, -0.1) is 11.3 Å². The fourth-order valence-corrected chi connectivity index (χ4v) is 7.00. The van der Waals surface area contributed by atoms with Crippen LogP contribution in [0.3, 0.4) is 0 Å². The van der Waals surface area contributed by atoms with Gasteiger partial charge in [0.1, 0.15) is 10.0 Å². The zero-order chi connectivity index (χ0) is 21.1. The average molecular weight is 449 g/mol. The maximum absolute atomic E-state index is 12.9. The predicted octanol–water partition coefficient (Wildman–Crippen LogP) is 2.77. The van der Waals surface area contributed by atoms with Gasteiger partial charge in [0.05, 0.1) is 5.92 Å². The van der Waals surface area contributed by atoms with Gasteiger partial charge in [-0.3, -0.25) is 4.79 Å². The van der Waals surface area contributed by atoms with E-state index in [0.717, 1.165) is 29.3 Å². The van der Waals surface area contributed by atoms with Crippen molar-refractivity contribution in [2.45, 2.75) is 43.4 Å². The number of carbonyl (C=O) groups is 1. The molecule has 2 aliphatic rings. The van der Waals surface area contributed by atoms with Crippen molar-refractivity contribution in [2.75, 3.05) is 31.1 Å². The van der Waals surface area contributed by atoms with E-state index in [2.05, 4.69) is 15.2 Å². The summed E-state index contributed by atoms with van der Waals surface area (Å²) >= 11 is 1.28. The molecule has 30 heavy (non-hydrogen) atoms. The molecular formula is C21H28N4O3S2. The molecule has 7 nitrogen and oxygen atoms in total. The Morgan fingerprint density at radius 1 is 1.17 bits per heavy atom. The quantitative estimate of drug-likeness (QED) is 0.735. The van der Waals surface area contributed by atoms with Gasteiger partial charge in [0.15, 0.2) is 0 Å². The Labute approximate surface area is 182 Å². The number of nitrogens with zero attached hydrogens (tertiary/aromatic N) is 3. The van der Waals surface area contributed by atoms with E-state index >= 15 is 0 Å². The molecule has 2 saturated heterocycles. The van der Waals surface area contributed by atoms with E-state index in [1.807, 2.05) is 31.3 Å². The van der Waals surface area contributed by atoms with Gasteiger partial charge >= 0.3 is 0 Å². The van der Waals surface area contributed by atoms with Crippen LogP contribution in [0.25, 0.3) is 0 Å². The van der Waals surface area contributed by atoms with Gasteiger partial charge in [0, 0.05) is 43.8 Å². The molecule has 1 amide bonds. The molecule has 1 atom stereocenters. The molecule has 1 unspecified atom stereocenters. The highest BCUT2D eigenvalue weighted by molar-refractivity contribution is 7.91. The number of hydrogen-bond acceptors (Lipinski definition) is 6. The van der Waals surface area contributed by atoms with Crippen LogP contribution in [-0.4, -0.2) is 49.8 Å². The molecule has 162 valence electrons. The summed E-state index contributed by atoms with van der Waals surface area (Å²) in [5.74, 6) is 0.562. The van der Waals surface area contributed by atoms with Crippen molar-refractivity contribution in [1.29, 1.82) is 0 Å². The molecule has 0 aliphatic carbocycles. The Bertz CT molecular complexity index is 982. The molecule has 2 aliphatic heterocycles. The van der Waals surface area contributed by atoms with Crippen LogP contribution in [0.5, 0.6) is 0 Å². The molecule has 0 saturated carbocycles. The second-order valence-corrected chi connectivity index (χ2v) is 11.5. The minimum atomic E-state index is -3.53. The molecule has 0 spiro atoms. The van der Waals surface area contributed by atoms with Gasteiger partial charge in [-0.05, 0) is 56.4 Å². The minimum Gasteiger partial charge on any atom is -0.357 e. The second-order valence-electron chi connectivity index (χ2n) is 8.00. The van der Waals surface area contributed by atoms with Gasteiger partial charge in [-0.2, -0.15) is 4.31 Å². The molecular weight excluding hydrogens is 420 g/mol. The maximum Gasteiger partial charge on any atom is 0.252 e. The summed E-state index contributed by atoms with van der Waals surface area (Å²) in [6, 6.07) is 7.47. The second kappa shape index (κ2) is 9.03. The van der Waals surface area contributed by atoms with Crippen LogP contribution in [0.1, 0.15) is 36.1 Å². The first-order chi connectivity index (χ1) is 14.4. The molecule has 4 heterocycles. The lowest BCUT2D eigenvalue weighted by Crippen LogP contribution is -2.45. The number of pyridine rings is 1. The van der Waals surface area contributed by atoms with Crippen molar-refractivity contribution in [3.8, 4) is 0 Å². The normalized spacial score (nSPS) is 20.4. The minimum absolute atomic E-state index is 0.0964. The van der Waals surface area contributed by atoms with Crippen molar-refractivity contribution < 1.29 is 13.2 Å². The summed E-state index contributed by atoms with van der Waals surface area (Å²) in [5.41, 5.74) is 0.945. The Kier molecular flexibility index (Phi) is 6.40. The third-order valence-electron chi connectivity index (χ3n) is 5.77. The van der Waals surface area contributed by atoms with E-state index in [9.17, 15) is 13.2 Å². The largest absolute Gasteiger partial charge is 0.357 e. The monoisotopic (exact) mass is 448 g/mol. The van der Waals surface area contributed by atoms with Crippen LogP contribution in [0.4, 0.5) is 5.82 Å². The number of carbonyl (C=O) groups excluding carboxylic acids is 1. The van der Waals surface area contributed by atoms with E-state index < -0.39 is 10.0 Å². The summed E-state index contributed by atoms with van der Waals surface area (Å²) < 4.78 is 27.6. The van der Waals surface area contributed by atoms with Crippen molar-refractivity contribution in [2.24, 2.45) is 5.92 Å². The van der Waals surface area contributed by atoms with Crippen LogP contribution in [0.15, 0.2) is 34.7 Å². The number of piperidine rings is 1. The number of anilines is 1. The Morgan fingerprint density at radius 3 is 2.63 bits per heavy atom. The molecule has 2 fully saturated rings. The Balaban J connectivity index is 1.33. The molecule has 0 aromatic carbocycles. The van der Waals surface area contributed by atoms with Crippen LogP contribution in [0.2, 0.25) is 0 Å². The lowest BCUT2D eigenvalue weighted by Gasteiger charge is -2.30. The Morgan fingerprint density at radius 2 is 1.97 bits per heavy atom. The lowest BCUT2D eigenvalue weighted by atomic mass is 9.99. The summed E-state index contributed by atoms with van der Waals surface area (Å²) in [7, 11) is -3.53. The fourth-order valence-electron chi connectivity index (χ4n) is 4.04. The third-order valence-corrected chi connectivity index (χ3v) is 9.10. The smallest absolute Gasteiger partial charge is 0.252 e. The van der Waals surface area contributed by atoms with Crippen molar-refractivity contribution in [1.82, 2.24) is 14.6 Å². The predicted molar refractivity (Wildman–Crippen MR) is 118 cm³/mol. The van der Waals surface area contributed by atoms with E-state index in [-0.39, 0.29) is 18.4 Å². The molecule has 4 rings (SSSR count). The number of aryl methyl sites for hydroxylation is 1. The van der Waals surface area contributed by atoms with E-state index in [0.29, 0.717) is 30.1 Å². The Hall–Kier alpha value is -1.97. The third kappa shape index (κ3) is 4.68. The average Bonchev–Trinajstić information content (AvgIpc) is 3.45. The van der Waals surface area contributed by atoms with Crippen molar-refractivity contribution in [3.63, 3.8) is 0 Å². The van der Waals surface area contributed by atoms with Crippen molar-refractivity contribution >= 4 is 33.1 Å². The summed E-state index contributed by atoms with van der Waals surface area (Å²) in [4.78, 5) is 20.5. The summed E-state index contributed by atoms with van der Waals surface area (Å²) in [6.45, 7) is 5.09. The van der Waals surface area contributed by atoms with Crippen LogP contribution < -0.4 is 10.2 Å². The van der Waals surface area contributed by atoms with Gasteiger partial charge in [-0.25, -0.2) is 13.4 Å². The van der Waals surface area contributed by atoms with Gasteiger partial charge in [0.25, 0.3) is 10.0 Å². The number of aromatic nitrogens is 1. The van der Waals surface area contributed by atoms with Gasteiger partial charge < -0.3 is 10.2 Å². The lowest BCUT2D eigenvalue weighted by molar-refractivity contribution is -0.126. The van der Waals surface area contributed by atoms with Crippen molar-refractivity contribution in [3.05, 3.63) is 40.9 Å². The van der Waals surface area contributed by atoms with Crippen LogP contribution in [-0.2, 0) is 21.4 Å². The first kappa shape index (κ1) is 21.3. The number of sulfonamides is 1. The van der Waals surface area contributed by atoms with Gasteiger partial charge in [-0.1, -0.05) is 6.07 Å². The zero-order valence-electron chi connectivity index (χ0n) is 17.2. The summed E-state index contributed by atoms with van der Waals surface area (Å²) in [6.07, 6.45) is 5.62. The molecule has 2 aromatic heterocycles. The van der Waals surface area contributed by atoms with E-state index in [4.69, 9.17) is 0 Å². The zero-order valence-corrected chi connectivity index (χ0v) is 18.8. The maximum atomic E-state index is 12.9. The SMILES string of the molecule is Cc1ccc(S(=O)(=O)N2CCCC(C(=O)NCc3ccc(N4CCCC4)nc3)C2)s1. The topological polar surface area (TPSA) is 82.6 Å². The number of thiophene rings is 1. The molecule has 0 radical (unpaired) electrons. The van der Waals surface area contributed by atoms with E-state index in [1.54, 1.807) is 6.07 Å². The number of amides is 1. The van der Waals surface area contributed by atoms with Crippen LogP contribution >= 0.6 is 11.3 Å². The molecule has 0 bridgehead atoms. The highest BCUT2D eigenvalue weighted by atomic mass is 32.2. The number of rotatable bonds is 6. The molecule has 2 aromatic rings. The highest BCUT2D eigenvalue weighted by Gasteiger charge is 2.33. The fraction of sp³-hybridized carbons (Fsp3) is 0.524. The highest BCUT2D eigenvalue weighted by Crippen LogP contribution is 2.28. The number of nitrogens with one attached hydrogen (secondary N) is 1. The van der Waals surface area contributed by atoms with Crippen LogP contribution in [0, 0.1) is 12.8 Å². The van der Waals surface area contributed by atoms with Gasteiger partial charge in [0.2, 0.25) is 5.91 Å². The van der Waals surface area contributed by atoms with E-state index in [1.165, 1.54) is 28.5 Å². The molecule has 9 heteroatoms. The summed E-state index contributed by atoms with van der Waals surface area (Å²) in [5, 5.41) is 2.96. The standard InChI is InChI=1S/C21H28N4O3S2/c1-16-6-9-20(29-16)30(27,28)25-12-4-5-18(15-25)21(26)23-14-17-7-8-19(22-13-17)24-10-2-3-11-24/h6-9,13,18H,2-5,10-12,14-15H2,1H3,(H,23,26). The number of hydrogen-bond donors (Lipinski definition) is 1. The molecule has 1 N–H and O–H groups in total. The first-order valence-electron chi connectivity index (χ1n) is 10.5.